The van der Waals surface area contributed by atoms with Crippen LogP contribution in [0.1, 0.15) is 43.7 Å². The molecule has 1 amide bonds. The van der Waals surface area contributed by atoms with E-state index in [1.54, 1.807) is 0 Å². The fourth-order valence-electron chi connectivity index (χ4n) is 3.31. The number of ether oxygens (including phenoxy) is 1. The van der Waals surface area contributed by atoms with Gasteiger partial charge in [0, 0.05) is 31.2 Å². The molecule has 3 rings (SSSR count). The van der Waals surface area contributed by atoms with Crippen LogP contribution in [0.4, 0.5) is 5.69 Å². The van der Waals surface area contributed by atoms with Crippen LogP contribution >= 0.6 is 0 Å². The highest BCUT2D eigenvalue weighted by Gasteiger charge is 2.26. The van der Waals surface area contributed by atoms with Crippen molar-refractivity contribution in [2.75, 3.05) is 31.2 Å². The van der Waals surface area contributed by atoms with Crippen molar-refractivity contribution in [3.8, 4) is 0 Å². The van der Waals surface area contributed by atoms with Gasteiger partial charge in [-0.2, -0.15) is 0 Å². The maximum absolute atomic E-state index is 12.7. The third-order valence-corrected chi connectivity index (χ3v) is 4.61. The van der Waals surface area contributed by atoms with E-state index in [0.29, 0.717) is 18.9 Å². The molecular formula is C18H26N2O2. The van der Waals surface area contributed by atoms with Crippen LogP contribution in [0.25, 0.3) is 0 Å². The molecule has 1 unspecified atom stereocenters. The van der Waals surface area contributed by atoms with Gasteiger partial charge in [0.1, 0.15) is 0 Å². The zero-order valence-corrected chi connectivity index (χ0v) is 13.6. The molecule has 0 aromatic heterocycles. The Hall–Kier alpha value is -1.39. The van der Waals surface area contributed by atoms with Crippen LogP contribution in [0.3, 0.4) is 0 Å². The molecule has 0 spiro atoms. The fraction of sp³-hybridized carbons (Fsp3) is 0.611. The number of benzene rings is 1. The lowest BCUT2D eigenvalue weighted by atomic mass is 9.94. The smallest absolute Gasteiger partial charge is 0.228 e. The number of hydrogen-bond donors (Lipinski definition) is 1. The molecule has 1 aromatic rings. The van der Waals surface area contributed by atoms with Crippen LogP contribution in [-0.2, 0) is 16.0 Å². The van der Waals surface area contributed by atoms with Crippen molar-refractivity contribution in [2.24, 2.45) is 0 Å². The molecule has 0 bridgehead atoms. The summed E-state index contributed by atoms with van der Waals surface area (Å²) in [4.78, 5) is 14.6. The number of nitrogens with one attached hydrogen (secondary N) is 1. The molecule has 120 valence electrons. The van der Waals surface area contributed by atoms with Crippen molar-refractivity contribution in [1.29, 1.82) is 0 Å². The summed E-state index contributed by atoms with van der Waals surface area (Å²) in [7, 11) is 0. The minimum absolute atomic E-state index is 0.154. The number of amides is 1. The molecule has 2 aliphatic heterocycles. The summed E-state index contributed by atoms with van der Waals surface area (Å²) in [5.74, 6) is 0.737. The average molecular weight is 302 g/mol. The Bertz CT molecular complexity index is 536. The van der Waals surface area contributed by atoms with E-state index in [4.69, 9.17) is 4.74 Å². The summed E-state index contributed by atoms with van der Waals surface area (Å²) in [6.07, 6.45) is 2.64. The maximum atomic E-state index is 12.7. The number of rotatable bonds is 3. The molecule has 22 heavy (non-hydrogen) atoms. The number of carbonyl (C=O) groups excluding carboxylic acids is 1. The third-order valence-electron chi connectivity index (χ3n) is 4.61. The molecule has 4 heteroatoms. The summed E-state index contributed by atoms with van der Waals surface area (Å²) in [5, 5.41) is 3.36. The van der Waals surface area contributed by atoms with E-state index >= 15 is 0 Å². The molecule has 4 nitrogen and oxygen atoms in total. The van der Waals surface area contributed by atoms with E-state index in [1.807, 2.05) is 4.90 Å². The van der Waals surface area contributed by atoms with Gasteiger partial charge in [0.2, 0.25) is 5.91 Å². The van der Waals surface area contributed by atoms with Crippen LogP contribution < -0.4 is 10.2 Å². The summed E-state index contributed by atoms with van der Waals surface area (Å²) >= 11 is 0. The van der Waals surface area contributed by atoms with Gasteiger partial charge in [0.15, 0.2) is 0 Å². The Morgan fingerprint density at radius 1 is 1.45 bits per heavy atom. The predicted octanol–water partition coefficient (Wildman–Crippen LogP) is 2.47. The number of aryl methyl sites for hydroxylation is 1. The first-order valence-electron chi connectivity index (χ1n) is 8.39. The second-order valence-electron chi connectivity index (χ2n) is 6.62. The highest BCUT2D eigenvalue weighted by Crippen LogP contribution is 2.30. The molecule has 1 atom stereocenters. The number of morpholine rings is 1. The molecule has 0 saturated carbocycles. The van der Waals surface area contributed by atoms with Crippen LogP contribution in [0.5, 0.6) is 0 Å². The molecule has 0 radical (unpaired) electrons. The number of carbonyl (C=O) groups is 1. The van der Waals surface area contributed by atoms with E-state index in [9.17, 15) is 4.79 Å². The van der Waals surface area contributed by atoms with Gasteiger partial charge in [-0.05, 0) is 36.0 Å². The molecule has 2 heterocycles. The number of hydrogen-bond acceptors (Lipinski definition) is 3. The van der Waals surface area contributed by atoms with E-state index in [-0.39, 0.29) is 11.9 Å². The Labute approximate surface area is 132 Å². The van der Waals surface area contributed by atoms with E-state index in [1.165, 1.54) is 11.1 Å². The molecule has 1 aromatic carbocycles. The zero-order valence-electron chi connectivity index (χ0n) is 13.6. The maximum Gasteiger partial charge on any atom is 0.228 e. The second kappa shape index (κ2) is 6.80. The van der Waals surface area contributed by atoms with Crippen molar-refractivity contribution in [3.63, 3.8) is 0 Å². The van der Waals surface area contributed by atoms with Gasteiger partial charge in [-0.3, -0.25) is 4.79 Å². The van der Waals surface area contributed by atoms with Gasteiger partial charge in [-0.15, -0.1) is 0 Å². The first-order valence-corrected chi connectivity index (χ1v) is 8.39. The average Bonchev–Trinajstić information content (AvgIpc) is 2.54. The molecule has 1 fully saturated rings. The van der Waals surface area contributed by atoms with Gasteiger partial charge in [0.25, 0.3) is 0 Å². The first-order chi connectivity index (χ1) is 10.6. The molecule has 2 aliphatic rings. The lowest BCUT2D eigenvalue weighted by Gasteiger charge is -2.32. The van der Waals surface area contributed by atoms with E-state index in [0.717, 1.165) is 38.2 Å². The Kier molecular flexibility index (Phi) is 4.79. The lowest BCUT2D eigenvalue weighted by Crippen LogP contribution is -2.46. The van der Waals surface area contributed by atoms with Crippen LogP contribution in [-0.4, -0.2) is 38.3 Å². The zero-order chi connectivity index (χ0) is 15.5. The van der Waals surface area contributed by atoms with Gasteiger partial charge < -0.3 is 15.0 Å². The number of fused-ring (bicyclic) bond motifs is 1. The highest BCUT2D eigenvalue weighted by molar-refractivity contribution is 5.95. The summed E-state index contributed by atoms with van der Waals surface area (Å²) in [6, 6.07) is 6.73. The Morgan fingerprint density at radius 2 is 2.32 bits per heavy atom. The molecule has 0 aliphatic carbocycles. The minimum Gasteiger partial charge on any atom is -0.378 e. The van der Waals surface area contributed by atoms with Crippen molar-refractivity contribution >= 4 is 11.6 Å². The van der Waals surface area contributed by atoms with Gasteiger partial charge in [-0.25, -0.2) is 0 Å². The van der Waals surface area contributed by atoms with Gasteiger partial charge >= 0.3 is 0 Å². The Balaban J connectivity index is 1.74. The lowest BCUT2D eigenvalue weighted by molar-refractivity contribution is -0.119. The van der Waals surface area contributed by atoms with Gasteiger partial charge in [-0.1, -0.05) is 26.0 Å². The standard InChI is InChI=1S/C18H26N2O2/c1-13(2)14-5-6-17-15(10-14)4-3-8-20(17)18(21)11-16-12-22-9-7-19-16/h5-6,10,13,16,19H,3-4,7-9,11-12H2,1-2H3. The number of nitrogens with zero attached hydrogens (tertiary/aromatic N) is 1. The quantitative estimate of drug-likeness (QED) is 0.932. The highest BCUT2D eigenvalue weighted by atomic mass is 16.5. The predicted molar refractivity (Wildman–Crippen MR) is 88.4 cm³/mol. The third kappa shape index (κ3) is 3.33. The van der Waals surface area contributed by atoms with E-state index < -0.39 is 0 Å². The summed E-state index contributed by atoms with van der Waals surface area (Å²) in [6.45, 7) is 7.48. The first kappa shape index (κ1) is 15.5. The fourth-order valence-corrected chi connectivity index (χ4v) is 3.31. The molecule has 1 saturated heterocycles. The van der Waals surface area contributed by atoms with Gasteiger partial charge in [0.05, 0.1) is 13.2 Å². The van der Waals surface area contributed by atoms with E-state index in [2.05, 4.69) is 37.4 Å². The SMILES string of the molecule is CC(C)c1ccc2c(c1)CCCN2C(=O)CC1COCCN1. The molecule has 1 N–H and O–H groups in total. The normalized spacial score (nSPS) is 21.8. The van der Waals surface area contributed by atoms with Crippen LogP contribution in [0.2, 0.25) is 0 Å². The minimum atomic E-state index is 0.154. The topological polar surface area (TPSA) is 41.6 Å². The Morgan fingerprint density at radius 3 is 3.05 bits per heavy atom. The largest absolute Gasteiger partial charge is 0.378 e. The number of anilines is 1. The second-order valence-corrected chi connectivity index (χ2v) is 6.62. The van der Waals surface area contributed by atoms with Crippen molar-refractivity contribution < 1.29 is 9.53 Å². The van der Waals surface area contributed by atoms with Crippen molar-refractivity contribution in [1.82, 2.24) is 5.32 Å². The summed E-state index contributed by atoms with van der Waals surface area (Å²) < 4.78 is 5.45. The van der Waals surface area contributed by atoms with Crippen LogP contribution in [0.15, 0.2) is 18.2 Å². The monoisotopic (exact) mass is 302 g/mol. The van der Waals surface area contributed by atoms with Crippen molar-refractivity contribution in [3.05, 3.63) is 29.3 Å². The van der Waals surface area contributed by atoms with Crippen molar-refractivity contribution in [2.45, 2.75) is 45.1 Å². The van der Waals surface area contributed by atoms with Crippen LogP contribution in [0, 0.1) is 0 Å². The summed E-state index contributed by atoms with van der Waals surface area (Å²) in [5.41, 5.74) is 3.78. The molecular weight excluding hydrogens is 276 g/mol.